The molecule has 0 aliphatic carbocycles. The van der Waals surface area contributed by atoms with Crippen LogP contribution in [0.3, 0.4) is 0 Å². The zero-order chi connectivity index (χ0) is 11.4. The van der Waals surface area contributed by atoms with Crippen LogP contribution < -0.4 is 0 Å². The Bertz CT molecular complexity index is 487. The Morgan fingerprint density at radius 2 is 2.25 bits per heavy atom. The highest BCUT2D eigenvalue weighted by molar-refractivity contribution is 7.99. The summed E-state index contributed by atoms with van der Waals surface area (Å²) in [5.74, 6) is 0.467. The van der Waals surface area contributed by atoms with Crippen LogP contribution in [-0.4, -0.2) is 29.4 Å². The molecule has 0 saturated carbocycles. The van der Waals surface area contributed by atoms with Gasteiger partial charge in [-0.3, -0.25) is 0 Å². The van der Waals surface area contributed by atoms with Gasteiger partial charge < -0.3 is 4.74 Å². The van der Waals surface area contributed by atoms with Crippen LogP contribution >= 0.6 is 11.8 Å². The Labute approximate surface area is 97.0 Å². The largest absolute Gasteiger partial charge is 0.384 e. The van der Waals surface area contributed by atoms with Crippen molar-refractivity contribution in [2.24, 2.45) is 0 Å². The fourth-order valence-electron chi connectivity index (χ4n) is 1.37. The molecule has 0 radical (unpaired) electrons. The lowest BCUT2D eigenvalue weighted by Crippen LogP contribution is -1.95. The summed E-state index contributed by atoms with van der Waals surface area (Å²) in [6.45, 7) is 0.616. The molecule has 0 aliphatic rings. The van der Waals surface area contributed by atoms with Gasteiger partial charge in [-0.2, -0.15) is 0 Å². The average Bonchev–Trinajstić information content (AvgIpc) is 2.30. The van der Waals surface area contributed by atoms with Crippen LogP contribution in [0.25, 0.3) is 10.9 Å². The predicted molar refractivity (Wildman–Crippen MR) is 62.1 cm³/mol. The van der Waals surface area contributed by atoms with E-state index < -0.39 is 0 Å². The van der Waals surface area contributed by atoms with E-state index in [1.807, 2.05) is 0 Å². The number of rotatable bonds is 4. The fraction of sp³-hybridized carbons (Fsp3) is 0.273. The first kappa shape index (κ1) is 11.3. The molecular weight excluding hydrogens is 227 g/mol. The average molecular weight is 238 g/mol. The molecule has 2 rings (SSSR count). The third-order valence-corrected chi connectivity index (χ3v) is 3.06. The number of halogens is 1. The molecule has 3 nitrogen and oxygen atoms in total. The van der Waals surface area contributed by atoms with Crippen LogP contribution in [-0.2, 0) is 4.74 Å². The molecule has 0 atom stereocenters. The minimum absolute atomic E-state index is 0.280. The summed E-state index contributed by atoms with van der Waals surface area (Å²) in [4.78, 5) is 8.13. The SMILES string of the molecule is COCCSc1ncnc2cccc(F)c12. The number of hydrogen-bond donors (Lipinski definition) is 0. The van der Waals surface area contributed by atoms with Crippen molar-refractivity contribution in [2.45, 2.75) is 5.03 Å². The van der Waals surface area contributed by atoms with Crippen molar-refractivity contribution in [3.63, 3.8) is 0 Å². The number of fused-ring (bicyclic) bond motifs is 1. The summed E-state index contributed by atoms with van der Waals surface area (Å²) >= 11 is 1.47. The second kappa shape index (κ2) is 5.23. The Morgan fingerprint density at radius 3 is 3.06 bits per heavy atom. The van der Waals surface area contributed by atoms with Crippen LogP contribution in [0.4, 0.5) is 4.39 Å². The zero-order valence-corrected chi connectivity index (χ0v) is 9.63. The predicted octanol–water partition coefficient (Wildman–Crippen LogP) is 2.51. The maximum Gasteiger partial charge on any atom is 0.135 e. The van der Waals surface area contributed by atoms with Gasteiger partial charge in [-0.05, 0) is 12.1 Å². The van der Waals surface area contributed by atoms with Crippen LogP contribution in [0.2, 0.25) is 0 Å². The van der Waals surface area contributed by atoms with Gasteiger partial charge in [0.2, 0.25) is 0 Å². The number of ether oxygens (including phenoxy) is 1. The Morgan fingerprint density at radius 1 is 1.38 bits per heavy atom. The summed E-state index contributed by atoms with van der Waals surface area (Å²) in [5.41, 5.74) is 0.634. The Hall–Kier alpha value is -1.20. The number of aromatic nitrogens is 2. The van der Waals surface area contributed by atoms with Gasteiger partial charge in [0, 0.05) is 12.9 Å². The van der Waals surface area contributed by atoms with E-state index in [1.54, 1.807) is 19.2 Å². The minimum Gasteiger partial charge on any atom is -0.384 e. The third kappa shape index (κ3) is 2.31. The highest BCUT2D eigenvalue weighted by Gasteiger charge is 2.08. The summed E-state index contributed by atoms with van der Waals surface area (Å²) in [6, 6.07) is 4.85. The second-order valence-electron chi connectivity index (χ2n) is 3.15. The first-order valence-corrected chi connectivity index (χ1v) is 5.82. The van der Waals surface area contributed by atoms with Crippen molar-refractivity contribution in [2.75, 3.05) is 19.5 Å². The van der Waals surface area contributed by atoms with E-state index in [9.17, 15) is 4.39 Å². The fourth-order valence-corrected chi connectivity index (χ4v) is 2.28. The van der Waals surface area contributed by atoms with Crippen LogP contribution in [0.1, 0.15) is 0 Å². The zero-order valence-electron chi connectivity index (χ0n) is 8.81. The van der Waals surface area contributed by atoms with E-state index in [-0.39, 0.29) is 5.82 Å². The van der Waals surface area contributed by atoms with Crippen molar-refractivity contribution in [1.82, 2.24) is 9.97 Å². The van der Waals surface area contributed by atoms with Crippen molar-refractivity contribution in [1.29, 1.82) is 0 Å². The van der Waals surface area contributed by atoms with Crippen molar-refractivity contribution in [3.8, 4) is 0 Å². The molecule has 0 saturated heterocycles. The van der Waals surface area contributed by atoms with E-state index in [2.05, 4.69) is 9.97 Å². The molecule has 0 unspecified atom stereocenters. The molecule has 1 heterocycles. The van der Waals surface area contributed by atoms with Crippen LogP contribution in [0.5, 0.6) is 0 Å². The smallest absolute Gasteiger partial charge is 0.135 e. The third-order valence-electron chi connectivity index (χ3n) is 2.10. The molecule has 16 heavy (non-hydrogen) atoms. The lowest BCUT2D eigenvalue weighted by molar-refractivity contribution is 0.218. The van der Waals surface area contributed by atoms with Gasteiger partial charge >= 0.3 is 0 Å². The molecule has 0 spiro atoms. The van der Waals surface area contributed by atoms with Gasteiger partial charge in [-0.15, -0.1) is 11.8 Å². The first-order valence-electron chi connectivity index (χ1n) is 4.84. The van der Waals surface area contributed by atoms with Gasteiger partial charge in [0.15, 0.2) is 0 Å². The lowest BCUT2D eigenvalue weighted by Gasteiger charge is -2.04. The maximum absolute atomic E-state index is 13.6. The molecule has 0 bridgehead atoms. The molecule has 84 valence electrons. The number of thioether (sulfide) groups is 1. The van der Waals surface area contributed by atoms with E-state index in [0.717, 1.165) is 5.75 Å². The second-order valence-corrected chi connectivity index (χ2v) is 4.24. The Balaban J connectivity index is 2.37. The molecule has 0 amide bonds. The van der Waals surface area contributed by atoms with Gasteiger partial charge in [0.05, 0.1) is 17.5 Å². The minimum atomic E-state index is -0.280. The summed E-state index contributed by atoms with van der Waals surface area (Å²) in [7, 11) is 1.64. The van der Waals surface area contributed by atoms with Crippen LogP contribution in [0.15, 0.2) is 29.6 Å². The highest BCUT2D eigenvalue weighted by Crippen LogP contribution is 2.26. The first-order chi connectivity index (χ1) is 7.83. The van der Waals surface area contributed by atoms with E-state index in [1.165, 1.54) is 24.2 Å². The monoisotopic (exact) mass is 238 g/mol. The number of nitrogens with zero attached hydrogens (tertiary/aromatic N) is 2. The van der Waals surface area contributed by atoms with E-state index >= 15 is 0 Å². The number of methoxy groups -OCH3 is 1. The van der Waals surface area contributed by atoms with Crippen molar-refractivity contribution in [3.05, 3.63) is 30.3 Å². The molecular formula is C11H11FN2OS. The lowest BCUT2D eigenvalue weighted by atomic mass is 10.2. The quantitative estimate of drug-likeness (QED) is 0.466. The molecule has 5 heteroatoms. The van der Waals surface area contributed by atoms with Crippen molar-refractivity contribution >= 4 is 22.7 Å². The van der Waals surface area contributed by atoms with Gasteiger partial charge in [-0.1, -0.05) is 6.07 Å². The number of hydrogen-bond acceptors (Lipinski definition) is 4. The standard InChI is InChI=1S/C11H11FN2OS/c1-15-5-6-16-11-10-8(12)3-2-4-9(10)13-7-14-11/h2-4,7H,5-6H2,1H3. The van der Waals surface area contributed by atoms with E-state index in [0.29, 0.717) is 22.5 Å². The topological polar surface area (TPSA) is 35.0 Å². The van der Waals surface area contributed by atoms with Gasteiger partial charge in [0.1, 0.15) is 17.2 Å². The normalized spacial score (nSPS) is 10.9. The summed E-state index contributed by atoms with van der Waals surface area (Å²) in [5, 5.41) is 1.16. The van der Waals surface area contributed by atoms with Crippen molar-refractivity contribution < 1.29 is 9.13 Å². The molecule has 1 aromatic carbocycles. The highest BCUT2D eigenvalue weighted by atomic mass is 32.2. The number of benzene rings is 1. The van der Waals surface area contributed by atoms with Gasteiger partial charge in [-0.25, -0.2) is 14.4 Å². The molecule has 0 aliphatic heterocycles. The molecule has 0 fully saturated rings. The Kier molecular flexibility index (Phi) is 3.69. The van der Waals surface area contributed by atoms with E-state index in [4.69, 9.17) is 4.74 Å². The summed E-state index contributed by atoms with van der Waals surface area (Å²) < 4.78 is 18.6. The molecule has 1 aromatic heterocycles. The maximum atomic E-state index is 13.6. The van der Waals surface area contributed by atoms with Crippen LogP contribution in [0, 0.1) is 5.82 Å². The summed E-state index contributed by atoms with van der Waals surface area (Å²) in [6.07, 6.45) is 1.46. The molecule has 2 aromatic rings. The van der Waals surface area contributed by atoms with Gasteiger partial charge in [0.25, 0.3) is 0 Å². The molecule has 0 N–H and O–H groups in total.